The van der Waals surface area contributed by atoms with Crippen LogP contribution >= 0.6 is 0 Å². The number of allylic oxidation sites excluding steroid dienone is 1. The normalized spacial score (nSPS) is 41.5. The van der Waals surface area contributed by atoms with Crippen molar-refractivity contribution in [2.45, 2.75) is 111 Å². The van der Waals surface area contributed by atoms with Gasteiger partial charge in [-0.05, 0) is 168 Å². The van der Waals surface area contributed by atoms with Crippen molar-refractivity contribution in [2.75, 3.05) is 55.7 Å². The number of rotatable bonds is 8. The first-order chi connectivity index (χ1) is 24.0. The van der Waals surface area contributed by atoms with Crippen LogP contribution in [0.2, 0.25) is 0 Å². The molecule has 2 aliphatic heterocycles. The summed E-state index contributed by atoms with van der Waals surface area (Å²) in [6, 6.07) is 7.19. The van der Waals surface area contributed by atoms with Crippen molar-refractivity contribution in [1.29, 1.82) is 5.26 Å². The van der Waals surface area contributed by atoms with Crippen LogP contribution in [0, 0.1) is 68.4 Å². The molecule has 4 saturated carbocycles. The Morgan fingerprint density at radius 1 is 0.961 bits per heavy atom. The number of nitriles is 1. The first-order valence-corrected chi connectivity index (χ1v) is 22.1. The van der Waals surface area contributed by atoms with E-state index in [1.165, 1.54) is 56.9 Å². The topological polar surface area (TPSA) is 76.4 Å². The minimum Gasteiger partial charge on any atom is -0.366 e. The third kappa shape index (κ3) is 5.93. The van der Waals surface area contributed by atoms with Gasteiger partial charge in [-0.3, -0.25) is 0 Å². The molecule has 1 N–H and O–H groups in total. The molecule has 0 amide bonds. The van der Waals surface area contributed by atoms with Gasteiger partial charge in [-0.2, -0.15) is 5.26 Å². The fraction of sp³-hybridized carbons (Fsp3) is 0.791. The number of piperidine rings is 1. The van der Waals surface area contributed by atoms with Crippen molar-refractivity contribution in [3.63, 3.8) is 0 Å². The molecule has 6 aliphatic rings. The second-order valence-electron chi connectivity index (χ2n) is 19.4. The van der Waals surface area contributed by atoms with Crippen molar-refractivity contribution >= 4 is 15.5 Å². The molecule has 0 spiro atoms. The van der Waals surface area contributed by atoms with Crippen LogP contribution in [0.4, 0.5) is 10.1 Å². The summed E-state index contributed by atoms with van der Waals surface area (Å²) in [4.78, 5) is 4.78. The maximum absolute atomic E-state index is 14.9. The summed E-state index contributed by atoms with van der Waals surface area (Å²) in [5.74, 6) is 3.39. The van der Waals surface area contributed by atoms with Crippen molar-refractivity contribution in [2.24, 2.45) is 51.2 Å². The van der Waals surface area contributed by atoms with E-state index in [0.717, 1.165) is 44.7 Å². The Kier molecular flexibility index (Phi) is 9.61. The van der Waals surface area contributed by atoms with Crippen LogP contribution in [0.15, 0.2) is 30.4 Å². The fourth-order valence-corrected chi connectivity index (χ4v) is 15.5. The molecule has 1 aromatic rings. The number of fused-ring (bicyclic) bond motifs is 7. The number of nitrogens with one attached hydrogen (secondary N) is 1. The van der Waals surface area contributed by atoms with Crippen LogP contribution < -0.4 is 10.2 Å². The monoisotopic (exact) mass is 720 g/mol. The van der Waals surface area contributed by atoms with E-state index in [1.807, 2.05) is 12.1 Å². The number of anilines is 1. The second kappa shape index (κ2) is 13.1. The third-order valence-corrected chi connectivity index (χ3v) is 18.7. The summed E-state index contributed by atoms with van der Waals surface area (Å²) in [6.45, 7) is 25.1. The van der Waals surface area contributed by atoms with E-state index in [-0.39, 0.29) is 21.9 Å². The summed E-state index contributed by atoms with van der Waals surface area (Å²) in [5.41, 5.74) is 3.45. The molecule has 0 unspecified atom stereocenters. The summed E-state index contributed by atoms with van der Waals surface area (Å²) < 4.78 is 38.6. The van der Waals surface area contributed by atoms with Gasteiger partial charge in [0, 0.05) is 37.4 Å². The van der Waals surface area contributed by atoms with Gasteiger partial charge in [0.05, 0.1) is 17.1 Å². The fourth-order valence-electron chi connectivity index (χ4n) is 14.3. The van der Waals surface area contributed by atoms with Gasteiger partial charge in [0.25, 0.3) is 0 Å². The number of sulfone groups is 1. The Hall–Kier alpha value is -1.95. The van der Waals surface area contributed by atoms with Crippen LogP contribution in [-0.4, -0.2) is 69.6 Å². The maximum Gasteiger partial charge on any atom is 0.152 e. The highest BCUT2D eigenvalue weighted by Crippen LogP contribution is 2.76. The largest absolute Gasteiger partial charge is 0.366 e. The molecule has 9 atom stereocenters. The van der Waals surface area contributed by atoms with E-state index in [2.05, 4.69) is 63.2 Å². The van der Waals surface area contributed by atoms with E-state index in [4.69, 9.17) is 0 Å². The molecule has 7 rings (SSSR count). The predicted molar refractivity (Wildman–Crippen MR) is 206 cm³/mol. The zero-order chi connectivity index (χ0) is 36.6. The Morgan fingerprint density at radius 2 is 1.71 bits per heavy atom. The standard InChI is InChI=1S/C43H65FN4O2S/c1-30(2)33-13-16-43(29-46-20-8-21-47-23-25-51(49,50)26-24-47)18-17-41(6)34(38(33)43)11-12-37-40(5)19-22-48(32-10-9-31(28-45)35(44)27-32)39(3,4)36(40)14-15-42(37,41)7/h9-10,27,33-34,36-38,46H,1,8,11-26,29H2,2-7H3/t33-,34+,36-,37+,38+,40-,41+,42+,43+/m0/s1. The minimum absolute atomic E-state index is 0.109. The molecule has 6 nitrogen and oxygen atoms in total. The smallest absolute Gasteiger partial charge is 0.152 e. The summed E-state index contributed by atoms with van der Waals surface area (Å²) in [6.07, 6.45) is 12.5. The number of benzene rings is 1. The Morgan fingerprint density at radius 3 is 2.39 bits per heavy atom. The van der Waals surface area contributed by atoms with Crippen molar-refractivity contribution < 1.29 is 12.8 Å². The van der Waals surface area contributed by atoms with Gasteiger partial charge in [-0.25, -0.2) is 12.8 Å². The quantitative estimate of drug-likeness (QED) is 0.216. The summed E-state index contributed by atoms with van der Waals surface area (Å²) in [5, 5.41) is 13.3. The lowest BCUT2D eigenvalue weighted by atomic mass is 9.33. The van der Waals surface area contributed by atoms with E-state index < -0.39 is 15.7 Å². The molecule has 0 aromatic heterocycles. The summed E-state index contributed by atoms with van der Waals surface area (Å²) in [7, 11) is -2.83. The molecule has 282 valence electrons. The van der Waals surface area contributed by atoms with E-state index in [1.54, 1.807) is 12.1 Å². The molecule has 4 aliphatic carbocycles. The lowest BCUT2D eigenvalue weighted by Gasteiger charge is -2.73. The van der Waals surface area contributed by atoms with Crippen molar-refractivity contribution in [3.05, 3.63) is 41.7 Å². The van der Waals surface area contributed by atoms with Crippen LogP contribution in [0.1, 0.15) is 111 Å². The molecular formula is C43H65FN4O2S. The first kappa shape index (κ1) is 37.4. The van der Waals surface area contributed by atoms with Gasteiger partial charge in [0.15, 0.2) is 9.84 Å². The van der Waals surface area contributed by atoms with Crippen molar-refractivity contribution in [3.8, 4) is 6.07 Å². The molecule has 51 heavy (non-hydrogen) atoms. The number of nitrogens with zero attached hydrogens (tertiary/aromatic N) is 3. The number of halogens is 1. The predicted octanol–water partition coefficient (Wildman–Crippen LogP) is 8.23. The molecule has 8 heteroatoms. The Bertz CT molecular complexity index is 1660. The van der Waals surface area contributed by atoms with E-state index in [9.17, 15) is 18.1 Å². The van der Waals surface area contributed by atoms with Gasteiger partial charge in [-0.1, -0.05) is 32.9 Å². The molecule has 2 heterocycles. The van der Waals surface area contributed by atoms with Crippen LogP contribution in [0.3, 0.4) is 0 Å². The van der Waals surface area contributed by atoms with E-state index in [0.29, 0.717) is 65.0 Å². The number of hydrogen-bond acceptors (Lipinski definition) is 6. The van der Waals surface area contributed by atoms with Gasteiger partial charge in [-0.15, -0.1) is 0 Å². The highest BCUT2D eigenvalue weighted by Gasteiger charge is 2.70. The van der Waals surface area contributed by atoms with Crippen LogP contribution in [0.25, 0.3) is 0 Å². The van der Waals surface area contributed by atoms with E-state index >= 15 is 0 Å². The third-order valence-electron chi connectivity index (χ3n) is 17.1. The van der Waals surface area contributed by atoms with Gasteiger partial charge < -0.3 is 15.1 Å². The molecule has 0 bridgehead atoms. The average molecular weight is 721 g/mol. The molecular weight excluding hydrogens is 656 g/mol. The molecule has 1 aromatic carbocycles. The van der Waals surface area contributed by atoms with Gasteiger partial charge >= 0.3 is 0 Å². The highest BCUT2D eigenvalue weighted by molar-refractivity contribution is 7.91. The van der Waals surface area contributed by atoms with Crippen molar-refractivity contribution in [1.82, 2.24) is 10.2 Å². The van der Waals surface area contributed by atoms with Gasteiger partial charge in [0.1, 0.15) is 11.9 Å². The van der Waals surface area contributed by atoms with Crippen LogP contribution in [0.5, 0.6) is 0 Å². The molecule has 2 saturated heterocycles. The number of hydrogen-bond donors (Lipinski definition) is 1. The highest BCUT2D eigenvalue weighted by atomic mass is 32.2. The lowest BCUT2D eigenvalue weighted by Crippen LogP contribution is -2.70. The zero-order valence-electron chi connectivity index (χ0n) is 32.5. The van der Waals surface area contributed by atoms with Crippen LogP contribution in [-0.2, 0) is 9.84 Å². The Labute approximate surface area is 308 Å². The average Bonchev–Trinajstić information content (AvgIpc) is 3.45. The zero-order valence-corrected chi connectivity index (χ0v) is 33.3. The SMILES string of the molecule is C=C(C)[C@@H]1CC[C@]2(CNCCCN3CCS(=O)(=O)CC3)CC[C@]3(C)[C@H](CC[C@@H]4[C@@]5(C)CCN(c6ccc(C#N)c(F)c6)C(C)(C)[C@@H]5CC[C@]43C)[C@@H]12. The molecule has 0 radical (unpaired) electrons. The second-order valence-corrected chi connectivity index (χ2v) is 21.7. The maximum atomic E-state index is 14.9. The lowest BCUT2D eigenvalue weighted by molar-refractivity contribution is -0.227. The summed E-state index contributed by atoms with van der Waals surface area (Å²) >= 11 is 0. The molecule has 6 fully saturated rings. The minimum atomic E-state index is -2.83. The van der Waals surface area contributed by atoms with Gasteiger partial charge in [0.2, 0.25) is 0 Å². The first-order valence-electron chi connectivity index (χ1n) is 20.3. The Balaban J connectivity index is 1.08.